The average Bonchev–Trinajstić information content (AvgIpc) is 3.74. The van der Waals surface area contributed by atoms with Crippen molar-refractivity contribution >= 4 is 17.1 Å². The summed E-state index contributed by atoms with van der Waals surface area (Å²) < 4.78 is 0. The number of fused-ring (bicyclic) bond motifs is 6. The largest absolute Gasteiger partial charge is 0.310 e. The van der Waals surface area contributed by atoms with E-state index in [-0.39, 0.29) is 10.8 Å². The fourth-order valence-corrected chi connectivity index (χ4v) is 13.9. The highest BCUT2D eigenvalue weighted by molar-refractivity contribution is 5.97. The Labute approximate surface area is 366 Å². The summed E-state index contributed by atoms with van der Waals surface area (Å²) in [5.74, 6) is 3.07. The Hall–Kier alpha value is -6.44. The van der Waals surface area contributed by atoms with Crippen LogP contribution in [-0.2, 0) is 10.8 Å². The van der Waals surface area contributed by atoms with Crippen LogP contribution < -0.4 is 4.90 Å². The number of para-hydroxylation sites is 1. The fourth-order valence-electron chi connectivity index (χ4n) is 13.9. The van der Waals surface area contributed by atoms with Crippen molar-refractivity contribution in [3.63, 3.8) is 0 Å². The van der Waals surface area contributed by atoms with Gasteiger partial charge in [-0.05, 0) is 164 Å². The van der Waals surface area contributed by atoms with Crippen LogP contribution in [0.4, 0.5) is 17.1 Å². The molecule has 14 rings (SSSR count). The molecule has 8 aromatic rings. The van der Waals surface area contributed by atoms with Gasteiger partial charge in [0.25, 0.3) is 0 Å². The first kappa shape index (κ1) is 36.2. The van der Waals surface area contributed by atoms with E-state index in [4.69, 9.17) is 0 Å². The smallest absolute Gasteiger partial charge is 0.0540 e. The van der Waals surface area contributed by atoms with Crippen LogP contribution in [0.15, 0.2) is 188 Å². The first-order valence-corrected chi connectivity index (χ1v) is 23.1. The second-order valence-electron chi connectivity index (χ2n) is 19.7. The predicted octanol–water partition coefficient (Wildman–Crippen LogP) is 16.2. The molecule has 0 radical (unpaired) electrons. The molecule has 300 valence electrons. The van der Waals surface area contributed by atoms with Gasteiger partial charge in [0.15, 0.2) is 0 Å². The minimum absolute atomic E-state index is 0.0120. The van der Waals surface area contributed by atoms with Gasteiger partial charge in [-0.15, -0.1) is 0 Å². The molecule has 62 heavy (non-hydrogen) atoms. The zero-order valence-electron chi connectivity index (χ0n) is 35.7. The van der Waals surface area contributed by atoms with E-state index in [0.717, 1.165) is 11.8 Å². The molecule has 0 atom stereocenters. The van der Waals surface area contributed by atoms with Gasteiger partial charge in [0, 0.05) is 27.8 Å². The maximum absolute atomic E-state index is 2.66. The number of hydrogen-bond donors (Lipinski definition) is 0. The Morgan fingerprint density at radius 3 is 1.66 bits per heavy atom. The zero-order chi connectivity index (χ0) is 41.2. The Morgan fingerprint density at radius 1 is 0.371 bits per heavy atom. The summed E-state index contributed by atoms with van der Waals surface area (Å²) in [6.45, 7) is 4.82. The van der Waals surface area contributed by atoms with Crippen molar-refractivity contribution in [2.45, 2.75) is 56.8 Å². The van der Waals surface area contributed by atoms with E-state index >= 15 is 0 Å². The van der Waals surface area contributed by atoms with Crippen molar-refractivity contribution in [2.75, 3.05) is 4.90 Å². The summed E-state index contributed by atoms with van der Waals surface area (Å²) in [4.78, 5) is 2.55. The molecule has 4 bridgehead atoms. The third-order valence-corrected chi connectivity index (χ3v) is 16.3. The molecule has 4 fully saturated rings. The molecule has 0 N–H and O–H groups in total. The Balaban J connectivity index is 1.02. The summed E-state index contributed by atoms with van der Waals surface area (Å²) >= 11 is 0. The maximum atomic E-state index is 2.66. The SMILES string of the molecule is CC1(C)c2ccccc2-c2ccc(-c3cccc4c3-c3ccc(N(c5ccc(-c6ccccc6)cc5)c5ccccc5-c5ccccc5)cc3C43C4CC5CC(C4)CC3C5)cc21. The highest BCUT2D eigenvalue weighted by atomic mass is 15.1. The molecule has 0 saturated heterocycles. The topological polar surface area (TPSA) is 3.24 Å². The highest BCUT2D eigenvalue weighted by Gasteiger charge is 2.62. The zero-order valence-corrected chi connectivity index (χ0v) is 35.7. The van der Waals surface area contributed by atoms with Crippen LogP contribution in [0.2, 0.25) is 0 Å². The van der Waals surface area contributed by atoms with Gasteiger partial charge in [-0.2, -0.15) is 0 Å². The lowest BCUT2D eigenvalue weighted by Gasteiger charge is -2.61. The Bertz CT molecular complexity index is 3020. The van der Waals surface area contributed by atoms with Crippen molar-refractivity contribution in [1.29, 1.82) is 0 Å². The normalized spacial score (nSPS) is 22.9. The number of anilines is 3. The first-order valence-electron chi connectivity index (χ1n) is 23.1. The van der Waals surface area contributed by atoms with Crippen molar-refractivity contribution in [2.24, 2.45) is 23.7 Å². The predicted molar refractivity (Wildman–Crippen MR) is 258 cm³/mol. The number of benzene rings is 8. The molecule has 1 heteroatoms. The lowest BCUT2D eigenvalue weighted by molar-refractivity contribution is -0.0399. The Morgan fingerprint density at radius 2 is 0.919 bits per heavy atom. The average molecular weight is 798 g/mol. The standard InChI is InChI=1S/C61H51N/c1-60(2)54-21-11-9-19-51(54)52-30-26-44(37-56(52)60)50-20-13-22-55-59(50)53-31-29-48(38-57(53)61(55)45-33-39-32-40(35-45)36-46(61)34-39)62(47-27-24-42(25-28-47)41-14-5-3-6-15-41)58-23-12-10-18-49(58)43-16-7-4-8-17-43/h3-31,37-40,45-46H,32-36H2,1-2H3. The number of rotatable bonds is 6. The van der Waals surface area contributed by atoms with Gasteiger partial charge >= 0.3 is 0 Å². The summed E-state index contributed by atoms with van der Waals surface area (Å²) in [7, 11) is 0. The van der Waals surface area contributed by atoms with Crippen LogP contribution in [0.5, 0.6) is 0 Å². The van der Waals surface area contributed by atoms with Crippen LogP contribution in [0.1, 0.15) is 68.2 Å². The lowest BCUT2D eigenvalue weighted by Crippen LogP contribution is -2.55. The van der Waals surface area contributed by atoms with Crippen LogP contribution in [-0.4, -0.2) is 0 Å². The molecule has 1 nitrogen and oxygen atoms in total. The minimum atomic E-state index is -0.0475. The molecule has 0 heterocycles. The van der Waals surface area contributed by atoms with E-state index in [9.17, 15) is 0 Å². The van der Waals surface area contributed by atoms with Gasteiger partial charge in [-0.25, -0.2) is 0 Å². The molecule has 0 aliphatic heterocycles. The van der Waals surface area contributed by atoms with Crippen LogP contribution in [0.3, 0.4) is 0 Å². The molecule has 6 aliphatic carbocycles. The molecular formula is C61H51N. The van der Waals surface area contributed by atoms with E-state index < -0.39 is 0 Å². The molecule has 0 aromatic heterocycles. The maximum Gasteiger partial charge on any atom is 0.0540 e. The second kappa shape index (κ2) is 13.5. The van der Waals surface area contributed by atoms with Gasteiger partial charge < -0.3 is 4.90 Å². The van der Waals surface area contributed by atoms with Crippen LogP contribution in [0.25, 0.3) is 55.6 Å². The first-order chi connectivity index (χ1) is 30.5. The lowest BCUT2D eigenvalue weighted by atomic mass is 9.43. The van der Waals surface area contributed by atoms with E-state index in [1.807, 2.05) is 0 Å². The summed E-state index contributed by atoms with van der Waals surface area (Å²) in [5, 5.41) is 0. The number of hydrogen-bond acceptors (Lipinski definition) is 1. The summed E-state index contributed by atoms with van der Waals surface area (Å²) in [6.07, 6.45) is 6.86. The molecular weight excluding hydrogens is 747 g/mol. The quantitative estimate of drug-likeness (QED) is 0.162. The van der Waals surface area contributed by atoms with Crippen LogP contribution >= 0.6 is 0 Å². The van der Waals surface area contributed by atoms with E-state index in [0.29, 0.717) is 11.8 Å². The molecule has 0 unspecified atom stereocenters. The second-order valence-corrected chi connectivity index (χ2v) is 19.7. The highest BCUT2D eigenvalue weighted by Crippen LogP contribution is 2.70. The van der Waals surface area contributed by atoms with E-state index in [1.54, 1.807) is 11.1 Å². The minimum Gasteiger partial charge on any atom is -0.310 e. The monoisotopic (exact) mass is 797 g/mol. The van der Waals surface area contributed by atoms with Gasteiger partial charge in [-0.3, -0.25) is 0 Å². The van der Waals surface area contributed by atoms with Gasteiger partial charge in [0.05, 0.1) is 5.69 Å². The van der Waals surface area contributed by atoms with Crippen LogP contribution in [0, 0.1) is 23.7 Å². The molecule has 1 spiro atoms. The third kappa shape index (κ3) is 5.15. The number of nitrogens with zero attached hydrogens (tertiary/aromatic N) is 1. The van der Waals surface area contributed by atoms with Crippen molar-refractivity contribution in [1.82, 2.24) is 0 Å². The fraction of sp³-hybridized carbons (Fsp3) is 0.213. The summed E-state index contributed by atoms with van der Waals surface area (Å²) in [6, 6.07) is 71.4. The Kier molecular flexibility index (Phi) is 7.91. The van der Waals surface area contributed by atoms with E-state index in [2.05, 4.69) is 207 Å². The molecule has 6 aliphatic rings. The van der Waals surface area contributed by atoms with E-state index in [1.165, 1.54) is 116 Å². The molecule has 8 aromatic carbocycles. The van der Waals surface area contributed by atoms with Gasteiger partial charge in [0.1, 0.15) is 0 Å². The van der Waals surface area contributed by atoms with Crippen molar-refractivity contribution < 1.29 is 0 Å². The van der Waals surface area contributed by atoms with Crippen molar-refractivity contribution in [3.8, 4) is 55.6 Å². The third-order valence-electron chi connectivity index (χ3n) is 16.3. The summed E-state index contributed by atoms with van der Waals surface area (Å²) in [5.41, 5.74) is 23.0. The van der Waals surface area contributed by atoms with Gasteiger partial charge in [0.2, 0.25) is 0 Å². The van der Waals surface area contributed by atoms with Crippen molar-refractivity contribution in [3.05, 3.63) is 210 Å². The van der Waals surface area contributed by atoms with Gasteiger partial charge in [-0.1, -0.05) is 166 Å². The molecule has 4 saturated carbocycles. The molecule has 0 amide bonds.